The highest BCUT2D eigenvalue weighted by Gasteiger charge is 1.95. The molecule has 0 spiro atoms. The van der Waals surface area contributed by atoms with Crippen molar-refractivity contribution in [3.05, 3.63) is 0 Å². The molecule has 14 heavy (non-hydrogen) atoms. The fourth-order valence-corrected chi connectivity index (χ4v) is 0.927. The van der Waals surface area contributed by atoms with Gasteiger partial charge in [0.2, 0.25) is 0 Å². The molecule has 0 aliphatic heterocycles. The maximum absolute atomic E-state index is 2.25. The second-order valence-electron chi connectivity index (χ2n) is 4.18. The summed E-state index contributed by atoms with van der Waals surface area (Å²) in [6, 6.07) is 0. The lowest BCUT2D eigenvalue weighted by Crippen LogP contribution is -1.85. The molecule has 0 atom stereocenters. The Balaban J connectivity index is 0. The first-order chi connectivity index (χ1) is 6.83. The van der Waals surface area contributed by atoms with Gasteiger partial charge in [-0.15, -0.1) is 0 Å². The number of unbranched alkanes of at least 4 members (excludes halogenated alkanes) is 4. The molecule has 0 heterocycles. The summed E-state index contributed by atoms with van der Waals surface area (Å²) < 4.78 is 0. The van der Waals surface area contributed by atoms with Gasteiger partial charge in [-0.05, 0) is 0 Å². The van der Waals surface area contributed by atoms with Gasteiger partial charge in [0.15, 0.2) is 0 Å². The van der Waals surface area contributed by atoms with Gasteiger partial charge in [-0.3, -0.25) is 0 Å². The van der Waals surface area contributed by atoms with Gasteiger partial charge in [0.25, 0.3) is 0 Å². The summed E-state index contributed by atoms with van der Waals surface area (Å²) in [7, 11) is 0. The first-order valence-corrected chi connectivity index (χ1v) is 6.83. The Morgan fingerprint density at radius 2 is 0.857 bits per heavy atom. The summed E-state index contributed by atoms with van der Waals surface area (Å²) in [5, 5.41) is 0. The van der Waals surface area contributed by atoms with Crippen molar-refractivity contribution in [2.75, 3.05) is 0 Å². The fraction of sp³-hybridized carbons (Fsp3) is 1.00. The van der Waals surface area contributed by atoms with Crippen LogP contribution in [0.15, 0.2) is 0 Å². The standard InChI is InChI=1S/C7H16.C4H8.C3H8/c1-3-5-7-6-4-2;1-2-4-3-1;1-3-2/h3-7H2,1-2H3;1-4H2;3H2,1-2H3. The van der Waals surface area contributed by atoms with Crippen LogP contribution >= 0.6 is 0 Å². The van der Waals surface area contributed by atoms with Gasteiger partial charge in [0.05, 0.1) is 0 Å². The minimum absolute atomic E-state index is 1.25. The third-order valence-electron chi connectivity index (χ3n) is 2.21. The molecule has 1 fully saturated rings. The molecule has 0 saturated heterocycles. The number of rotatable bonds is 4. The minimum atomic E-state index is 1.25. The molecule has 0 amide bonds. The molecule has 0 N–H and O–H groups in total. The minimum Gasteiger partial charge on any atom is -0.0656 e. The summed E-state index contributed by atoms with van der Waals surface area (Å²) in [5.74, 6) is 0. The van der Waals surface area contributed by atoms with Gasteiger partial charge in [-0.1, -0.05) is 91.9 Å². The van der Waals surface area contributed by atoms with Crippen LogP contribution in [0.3, 0.4) is 0 Å². The van der Waals surface area contributed by atoms with Gasteiger partial charge >= 0.3 is 0 Å². The zero-order chi connectivity index (χ0) is 11.1. The van der Waals surface area contributed by atoms with E-state index < -0.39 is 0 Å². The largest absolute Gasteiger partial charge is 0.0656 e. The zero-order valence-corrected chi connectivity index (χ0v) is 11.1. The predicted octanol–water partition coefficient (Wildman–Crippen LogP) is 5.95. The molecule has 88 valence electrons. The average Bonchev–Trinajstić information content (AvgIpc) is 2.04. The van der Waals surface area contributed by atoms with Crippen LogP contribution in [-0.2, 0) is 0 Å². The lowest BCUT2D eigenvalue weighted by Gasteiger charge is -2.05. The van der Waals surface area contributed by atoms with Gasteiger partial charge in [-0.2, -0.15) is 0 Å². The molecule has 0 heteroatoms. The van der Waals surface area contributed by atoms with Gasteiger partial charge in [-0.25, -0.2) is 0 Å². The zero-order valence-electron chi connectivity index (χ0n) is 11.1. The Morgan fingerprint density at radius 1 is 0.571 bits per heavy atom. The summed E-state index contributed by atoms with van der Waals surface area (Å²) in [6.45, 7) is 8.74. The molecular weight excluding hydrogens is 168 g/mol. The normalized spacial score (nSPS) is 12.9. The molecule has 1 aliphatic rings. The van der Waals surface area contributed by atoms with E-state index in [0.29, 0.717) is 0 Å². The molecular formula is C14H32. The second-order valence-corrected chi connectivity index (χ2v) is 4.18. The highest BCUT2D eigenvalue weighted by Crippen LogP contribution is 2.15. The van der Waals surface area contributed by atoms with E-state index in [-0.39, 0.29) is 0 Å². The maximum Gasteiger partial charge on any atom is -0.0533 e. The fourth-order valence-electron chi connectivity index (χ4n) is 0.927. The van der Waals surface area contributed by atoms with Gasteiger partial charge < -0.3 is 0 Å². The smallest absolute Gasteiger partial charge is 0.0533 e. The topological polar surface area (TPSA) is 0 Å². The Morgan fingerprint density at radius 3 is 1.00 bits per heavy atom. The van der Waals surface area contributed by atoms with Crippen LogP contribution in [0.2, 0.25) is 0 Å². The summed E-state index contributed by atoms with van der Waals surface area (Å²) in [4.78, 5) is 0. The van der Waals surface area contributed by atoms with E-state index in [2.05, 4.69) is 27.7 Å². The molecule has 0 radical (unpaired) electrons. The van der Waals surface area contributed by atoms with E-state index in [9.17, 15) is 0 Å². The van der Waals surface area contributed by atoms with Gasteiger partial charge in [0.1, 0.15) is 0 Å². The molecule has 0 nitrogen and oxygen atoms in total. The molecule has 0 bridgehead atoms. The van der Waals surface area contributed by atoms with Crippen molar-refractivity contribution < 1.29 is 0 Å². The van der Waals surface area contributed by atoms with E-state index in [1.54, 1.807) is 0 Å². The van der Waals surface area contributed by atoms with E-state index in [1.807, 2.05) is 0 Å². The maximum atomic E-state index is 2.25. The van der Waals surface area contributed by atoms with E-state index in [1.165, 1.54) is 64.2 Å². The molecule has 1 rings (SSSR count). The molecule has 0 aromatic heterocycles. The van der Waals surface area contributed by atoms with E-state index in [4.69, 9.17) is 0 Å². The van der Waals surface area contributed by atoms with Crippen molar-refractivity contribution in [3.8, 4) is 0 Å². The highest BCUT2D eigenvalue weighted by molar-refractivity contribution is 4.50. The first kappa shape index (κ1) is 16.4. The van der Waals surface area contributed by atoms with Crippen molar-refractivity contribution in [2.24, 2.45) is 0 Å². The van der Waals surface area contributed by atoms with Crippen LogP contribution in [-0.4, -0.2) is 0 Å². The third-order valence-corrected chi connectivity index (χ3v) is 2.21. The summed E-state index contributed by atoms with van der Waals surface area (Å²) in [5.41, 5.74) is 0. The van der Waals surface area contributed by atoms with Gasteiger partial charge in [0, 0.05) is 0 Å². The number of hydrogen-bond acceptors (Lipinski definition) is 0. The van der Waals surface area contributed by atoms with Crippen LogP contribution in [0.1, 0.15) is 91.9 Å². The molecule has 1 aliphatic carbocycles. The quantitative estimate of drug-likeness (QED) is 0.492. The SMILES string of the molecule is C1CCC1.CCC.CCCCCCC. The summed E-state index contributed by atoms with van der Waals surface area (Å²) in [6.07, 6.45) is 14.3. The van der Waals surface area contributed by atoms with Crippen molar-refractivity contribution >= 4 is 0 Å². The summed E-state index contributed by atoms with van der Waals surface area (Å²) >= 11 is 0. The predicted molar refractivity (Wildman–Crippen MR) is 68.9 cm³/mol. The molecule has 1 saturated carbocycles. The molecule has 0 unspecified atom stereocenters. The Labute approximate surface area is 92.5 Å². The highest BCUT2D eigenvalue weighted by atomic mass is 14.0. The van der Waals surface area contributed by atoms with Crippen LogP contribution in [0, 0.1) is 0 Å². The average molecular weight is 200 g/mol. The molecule has 0 aromatic carbocycles. The van der Waals surface area contributed by atoms with Crippen LogP contribution in [0.4, 0.5) is 0 Å². The van der Waals surface area contributed by atoms with Crippen LogP contribution < -0.4 is 0 Å². The van der Waals surface area contributed by atoms with E-state index >= 15 is 0 Å². The lowest BCUT2D eigenvalue weighted by molar-refractivity contribution is 0.504. The Bertz CT molecular complexity index is 54.4. The van der Waals surface area contributed by atoms with Crippen LogP contribution in [0.5, 0.6) is 0 Å². The molecule has 0 aromatic rings. The van der Waals surface area contributed by atoms with Crippen LogP contribution in [0.25, 0.3) is 0 Å². The van der Waals surface area contributed by atoms with E-state index in [0.717, 1.165) is 0 Å². The first-order valence-electron chi connectivity index (χ1n) is 6.83. The second kappa shape index (κ2) is 18.7. The Hall–Kier alpha value is 0. The Kier molecular flexibility index (Phi) is 22.0. The third kappa shape index (κ3) is 22.7. The van der Waals surface area contributed by atoms with Crippen molar-refractivity contribution in [1.82, 2.24) is 0 Å². The number of hydrogen-bond donors (Lipinski definition) is 0. The lowest BCUT2D eigenvalue weighted by atomic mass is 10.0. The van der Waals surface area contributed by atoms with Crippen molar-refractivity contribution in [2.45, 2.75) is 91.9 Å². The van der Waals surface area contributed by atoms with Crippen molar-refractivity contribution in [3.63, 3.8) is 0 Å². The van der Waals surface area contributed by atoms with Crippen molar-refractivity contribution in [1.29, 1.82) is 0 Å². The monoisotopic (exact) mass is 200 g/mol.